The molecule has 7 fully saturated rings. The van der Waals surface area contributed by atoms with Crippen LogP contribution in [0, 0.1) is 40.4 Å². The first-order valence-electron chi connectivity index (χ1n) is 18.9. The van der Waals surface area contributed by atoms with E-state index in [2.05, 4.69) is 4.90 Å². The molecule has 2 saturated heterocycles. The highest BCUT2D eigenvalue weighted by atomic mass is 16.6. The van der Waals surface area contributed by atoms with Gasteiger partial charge in [0.05, 0.1) is 36.1 Å². The number of likely N-dealkylation sites (tertiary alicyclic amines) is 1. The number of nitrogens with zero attached hydrogens (tertiary/aromatic N) is 2. The van der Waals surface area contributed by atoms with E-state index in [0.29, 0.717) is 32.4 Å². The van der Waals surface area contributed by atoms with Gasteiger partial charge in [-0.3, -0.25) is 24.1 Å². The Morgan fingerprint density at radius 2 is 1.74 bits per heavy atom. The van der Waals surface area contributed by atoms with Gasteiger partial charge in [0.2, 0.25) is 11.8 Å². The lowest BCUT2D eigenvalue weighted by Gasteiger charge is -2.70. The third-order valence-corrected chi connectivity index (χ3v) is 14.6. The molecule has 0 radical (unpaired) electrons. The van der Waals surface area contributed by atoms with Crippen LogP contribution < -0.4 is 4.90 Å². The fourth-order valence-electron chi connectivity index (χ4n) is 13.3. The zero-order valence-electron chi connectivity index (χ0n) is 31.1. The number of amides is 2. The summed E-state index contributed by atoms with van der Waals surface area (Å²) in [4.78, 5) is 68.3. The maximum atomic E-state index is 14.1. The number of rotatable bonds is 9. The molecule has 14 atom stereocenters. The summed E-state index contributed by atoms with van der Waals surface area (Å²) in [6.07, 6.45) is -1.48. The number of piperidine rings is 1. The van der Waals surface area contributed by atoms with Gasteiger partial charge in [-0.25, -0.2) is 9.69 Å². The number of para-hydroxylation sites is 1. The standard InChI is InChI=1S/C39H50N2O12/c1-7-40-17-36(18-51-34(46)22-10-8-9-11-25(22)41-28(44)14-19(2)33(41)45)13-12-27(49-5)38-24-15-23-26(52-20(3)42)16-37(47,29(24)30(23)53-21(4)43)39(48,35(38)40)32(50-6)31(36)38/h8-11,19,23-24,26-27,29-32,35,47-48H,7,12-18H2,1-6H3/t19-,23+,24+,26-,27-,29+,30-,31+,32-,35-,36-,37+,38-,39-/m0/s1. The van der Waals surface area contributed by atoms with Gasteiger partial charge in [-0.2, -0.15) is 0 Å². The van der Waals surface area contributed by atoms with E-state index in [1.165, 1.54) is 21.0 Å². The lowest BCUT2D eigenvalue weighted by atomic mass is 9.42. The van der Waals surface area contributed by atoms with Gasteiger partial charge in [0.1, 0.15) is 23.4 Å². The van der Waals surface area contributed by atoms with Crippen LogP contribution in [0.3, 0.4) is 0 Å². The highest BCUT2D eigenvalue weighted by Gasteiger charge is 2.92. The van der Waals surface area contributed by atoms with Crippen molar-refractivity contribution in [1.29, 1.82) is 0 Å². The van der Waals surface area contributed by atoms with Crippen LogP contribution in [0.15, 0.2) is 24.3 Å². The van der Waals surface area contributed by atoms with Gasteiger partial charge >= 0.3 is 17.9 Å². The molecule has 288 valence electrons. The predicted octanol–water partition coefficient (Wildman–Crippen LogP) is 1.87. The van der Waals surface area contributed by atoms with Crippen molar-refractivity contribution < 1.29 is 57.9 Å². The molecular formula is C39H50N2O12. The molecule has 1 spiro atoms. The number of benzene rings is 1. The largest absolute Gasteiger partial charge is 0.462 e. The van der Waals surface area contributed by atoms with E-state index in [1.807, 2.05) is 6.92 Å². The van der Waals surface area contributed by atoms with E-state index >= 15 is 0 Å². The third-order valence-electron chi connectivity index (χ3n) is 14.6. The molecule has 2 amide bonds. The summed E-state index contributed by atoms with van der Waals surface area (Å²) in [5, 5.41) is 26.8. The van der Waals surface area contributed by atoms with Crippen molar-refractivity contribution in [2.45, 2.75) is 101 Å². The van der Waals surface area contributed by atoms with Crippen LogP contribution in [0.5, 0.6) is 0 Å². The molecule has 2 aliphatic heterocycles. The second-order valence-corrected chi connectivity index (χ2v) is 16.7. The van der Waals surface area contributed by atoms with E-state index in [1.54, 1.807) is 38.3 Å². The monoisotopic (exact) mass is 738 g/mol. The predicted molar refractivity (Wildman–Crippen MR) is 184 cm³/mol. The molecule has 0 aromatic heterocycles. The number of fused-ring (bicyclic) bond motifs is 2. The molecule has 7 aliphatic rings. The number of hydrogen-bond acceptors (Lipinski definition) is 13. The van der Waals surface area contributed by atoms with Crippen LogP contribution in [-0.4, -0.2) is 120 Å². The van der Waals surface area contributed by atoms with Gasteiger partial charge in [-0.15, -0.1) is 0 Å². The maximum absolute atomic E-state index is 14.1. The van der Waals surface area contributed by atoms with Gasteiger partial charge in [-0.1, -0.05) is 26.0 Å². The molecule has 14 heteroatoms. The van der Waals surface area contributed by atoms with Crippen LogP contribution in [0.4, 0.5) is 5.69 Å². The molecule has 0 unspecified atom stereocenters. The highest BCUT2D eigenvalue weighted by Crippen LogP contribution is 2.80. The summed E-state index contributed by atoms with van der Waals surface area (Å²) in [5.41, 5.74) is -5.22. The quantitative estimate of drug-likeness (QED) is 0.213. The maximum Gasteiger partial charge on any atom is 0.340 e. The molecule has 7 bridgehead atoms. The fraction of sp³-hybridized carbons (Fsp3) is 0.718. The lowest BCUT2D eigenvalue weighted by molar-refractivity contribution is -0.318. The van der Waals surface area contributed by atoms with Crippen LogP contribution in [0.1, 0.15) is 70.2 Å². The van der Waals surface area contributed by atoms with Crippen LogP contribution in [-0.2, 0) is 42.9 Å². The number of anilines is 1. The molecule has 2 N–H and O–H groups in total. The molecule has 14 nitrogen and oxygen atoms in total. The van der Waals surface area contributed by atoms with Gasteiger partial charge in [-0.05, 0) is 43.9 Å². The first-order chi connectivity index (χ1) is 25.2. The van der Waals surface area contributed by atoms with E-state index in [-0.39, 0.29) is 48.4 Å². The number of aliphatic hydroxyl groups is 2. The van der Waals surface area contributed by atoms with E-state index in [0.717, 1.165) is 4.90 Å². The summed E-state index contributed by atoms with van der Waals surface area (Å²) in [7, 11) is 3.17. The van der Waals surface area contributed by atoms with Gasteiger partial charge in [0.25, 0.3) is 0 Å². The number of likely N-dealkylation sites (N-methyl/N-ethyl adjacent to an activating group) is 1. The summed E-state index contributed by atoms with van der Waals surface area (Å²) >= 11 is 0. The Morgan fingerprint density at radius 3 is 2.36 bits per heavy atom. The van der Waals surface area contributed by atoms with Crippen LogP contribution in [0.2, 0.25) is 0 Å². The van der Waals surface area contributed by atoms with Crippen molar-refractivity contribution in [3.8, 4) is 0 Å². The number of carbonyl (C=O) groups is 5. The Labute approximate surface area is 308 Å². The molecule has 5 aliphatic carbocycles. The van der Waals surface area contributed by atoms with Crippen molar-refractivity contribution in [2.24, 2.45) is 40.4 Å². The first-order valence-corrected chi connectivity index (χ1v) is 18.9. The number of hydrogen-bond donors (Lipinski definition) is 2. The van der Waals surface area contributed by atoms with Gasteiger partial charge in [0, 0.05) is 82.0 Å². The zero-order chi connectivity index (χ0) is 38.0. The van der Waals surface area contributed by atoms with Crippen molar-refractivity contribution in [1.82, 2.24) is 4.90 Å². The average molecular weight is 739 g/mol. The Balaban J connectivity index is 1.24. The van der Waals surface area contributed by atoms with Gasteiger partial charge < -0.3 is 33.9 Å². The number of esters is 3. The topological polar surface area (TPSA) is 178 Å². The molecular weight excluding hydrogens is 688 g/mol. The minimum Gasteiger partial charge on any atom is -0.462 e. The average Bonchev–Trinajstić information content (AvgIpc) is 3.62. The van der Waals surface area contributed by atoms with Crippen molar-refractivity contribution in [3.05, 3.63) is 29.8 Å². The number of ether oxygens (including phenoxy) is 5. The molecule has 1 aromatic rings. The summed E-state index contributed by atoms with van der Waals surface area (Å²) in [5.74, 6) is -4.99. The smallest absolute Gasteiger partial charge is 0.340 e. The summed E-state index contributed by atoms with van der Waals surface area (Å²) in [6.45, 7) is 7.14. The van der Waals surface area contributed by atoms with Crippen molar-refractivity contribution in [2.75, 3.05) is 38.8 Å². The minimum absolute atomic E-state index is 0.0559. The van der Waals surface area contributed by atoms with Crippen LogP contribution in [0.25, 0.3) is 0 Å². The Hall–Kier alpha value is -3.43. The van der Waals surface area contributed by atoms with Crippen molar-refractivity contribution >= 4 is 35.4 Å². The second kappa shape index (κ2) is 12.3. The Bertz CT molecular complexity index is 1750. The number of methoxy groups -OCH3 is 2. The van der Waals surface area contributed by atoms with E-state index < -0.39 is 94.1 Å². The highest BCUT2D eigenvalue weighted by molar-refractivity contribution is 6.22. The molecule has 53 heavy (non-hydrogen) atoms. The normalized spacial score (nSPS) is 44.9. The molecule has 5 saturated carbocycles. The Kier molecular flexibility index (Phi) is 8.47. The van der Waals surface area contributed by atoms with Crippen molar-refractivity contribution in [3.63, 3.8) is 0 Å². The minimum atomic E-state index is -1.94. The second-order valence-electron chi connectivity index (χ2n) is 16.7. The number of imide groups is 1. The fourth-order valence-corrected chi connectivity index (χ4v) is 13.3. The SMILES string of the molecule is CCN1C[C@]2(COC(=O)c3ccccc3N3C(=O)C[C@H](C)C3=O)CC[C@H](OC)[C@@]34[C@@H]5C[C@H]6[C@H](OC(C)=O)[C@@H]5[C@](O)(C[C@@H]6OC(C)=O)[C@](O)([C@@H](OC)[C@H]23)[C@@H]14. The third kappa shape index (κ3) is 4.53. The van der Waals surface area contributed by atoms with E-state index in [9.17, 15) is 34.2 Å². The molecule has 1 aromatic carbocycles. The van der Waals surface area contributed by atoms with E-state index in [4.69, 9.17) is 23.7 Å². The lowest BCUT2D eigenvalue weighted by Crippen LogP contribution is -2.82. The Morgan fingerprint density at radius 1 is 1.02 bits per heavy atom. The zero-order valence-corrected chi connectivity index (χ0v) is 31.1. The summed E-state index contributed by atoms with van der Waals surface area (Å²) in [6, 6.07) is 5.78. The number of carbonyl (C=O) groups excluding carboxylic acids is 5. The van der Waals surface area contributed by atoms with Gasteiger partial charge in [0.15, 0.2) is 0 Å². The molecule has 8 rings (SSSR count). The summed E-state index contributed by atoms with van der Waals surface area (Å²) < 4.78 is 30.9. The first kappa shape index (κ1) is 36.5. The molecule has 2 heterocycles. The van der Waals surface area contributed by atoms with Crippen LogP contribution >= 0.6 is 0 Å².